The van der Waals surface area contributed by atoms with Crippen molar-refractivity contribution in [1.29, 1.82) is 0 Å². The van der Waals surface area contributed by atoms with Crippen molar-refractivity contribution in [2.45, 2.75) is 13.0 Å². The summed E-state index contributed by atoms with van der Waals surface area (Å²) in [4.78, 5) is 7.91. The van der Waals surface area contributed by atoms with Gasteiger partial charge in [-0.15, -0.1) is 0 Å². The fourth-order valence-corrected chi connectivity index (χ4v) is 3.71. The highest BCUT2D eigenvalue weighted by molar-refractivity contribution is 14.2. The summed E-state index contributed by atoms with van der Waals surface area (Å²) in [5.41, 5.74) is 6.10. The van der Waals surface area contributed by atoms with Gasteiger partial charge in [-0.2, -0.15) is 13.1 Å². The van der Waals surface area contributed by atoms with Crippen molar-refractivity contribution in [2.24, 2.45) is 3.15 Å². The van der Waals surface area contributed by atoms with Crippen molar-refractivity contribution in [3.05, 3.63) is 5.15 Å². The molecule has 1 aromatic heterocycles. The summed E-state index contributed by atoms with van der Waals surface area (Å²) in [6.07, 6.45) is -0.430. The zero-order chi connectivity index (χ0) is 11.0. The minimum Gasteiger partial charge on any atom is -0.392 e. The van der Waals surface area contributed by atoms with Crippen LogP contribution in [0.5, 0.6) is 0 Å². The van der Waals surface area contributed by atoms with Gasteiger partial charge < -0.3 is 10.8 Å². The number of fused-ring (bicyclic) bond motifs is 1. The summed E-state index contributed by atoms with van der Waals surface area (Å²) in [5.74, 6) is 0.775. The molecule has 0 amide bonds. The van der Waals surface area contributed by atoms with Crippen molar-refractivity contribution in [3.63, 3.8) is 0 Å². The second kappa shape index (κ2) is 4.14. The van der Waals surface area contributed by atoms with Crippen LogP contribution in [0.1, 0.15) is 6.92 Å². The Morgan fingerprint density at radius 2 is 2.33 bits per heavy atom. The molecule has 1 atom stereocenters. The Morgan fingerprint density at radius 3 is 3.00 bits per heavy atom. The number of aromatic nitrogens is 2. The number of aliphatic hydroxyl groups excluding tert-OH is 1. The molecule has 0 radical (unpaired) electrons. The largest absolute Gasteiger partial charge is 0.392 e. The van der Waals surface area contributed by atoms with Crippen molar-refractivity contribution >= 4 is 50.4 Å². The fourth-order valence-electron chi connectivity index (χ4n) is 1.14. The Hall–Kier alpha value is -0.540. The number of hydrogen-bond acceptors (Lipinski definition) is 6. The summed E-state index contributed by atoms with van der Waals surface area (Å²) in [6, 6.07) is 0. The van der Waals surface area contributed by atoms with Crippen molar-refractivity contribution < 1.29 is 5.11 Å². The molecule has 0 aromatic carbocycles. The summed E-state index contributed by atoms with van der Waals surface area (Å²) < 4.78 is 6.21. The van der Waals surface area contributed by atoms with Gasteiger partial charge in [-0.1, -0.05) is 11.6 Å². The third-order valence-electron chi connectivity index (χ3n) is 1.71. The molecule has 0 bridgehead atoms. The van der Waals surface area contributed by atoms with Gasteiger partial charge in [-0.25, -0.2) is 0 Å². The SMILES string of the molecule is C[C@@H](O)CN1I=Nc2c(Cl)nc(N)nc21. The average Bonchev–Trinajstić information content (AvgIpc) is 2.48. The minimum absolute atomic E-state index is 0.135. The minimum atomic E-state index is -0.561. The van der Waals surface area contributed by atoms with E-state index in [1.165, 1.54) is 0 Å². The molecule has 1 aliphatic rings. The fraction of sp³-hybridized carbons (Fsp3) is 0.429. The van der Waals surface area contributed by atoms with Crippen LogP contribution in [-0.4, -0.2) is 27.7 Å². The quantitative estimate of drug-likeness (QED) is 0.485. The van der Waals surface area contributed by atoms with E-state index in [2.05, 4.69) is 13.1 Å². The highest BCUT2D eigenvalue weighted by Crippen LogP contribution is 2.44. The first-order chi connectivity index (χ1) is 7.08. The normalized spacial score (nSPS) is 16.1. The van der Waals surface area contributed by atoms with E-state index >= 15 is 0 Å². The van der Waals surface area contributed by atoms with Crippen LogP contribution in [0.25, 0.3) is 0 Å². The Bertz CT molecular complexity index is 424. The number of β-amino-alcohol motifs (C(OH)–C–C–N with tert-alkyl or cyclic N) is 1. The number of rotatable bonds is 2. The van der Waals surface area contributed by atoms with E-state index < -0.39 is 27.4 Å². The summed E-state index contributed by atoms with van der Waals surface area (Å²) in [5, 5.41) is 9.59. The third kappa shape index (κ3) is 2.18. The first-order valence-electron chi connectivity index (χ1n) is 4.22. The first-order valence-corrected chi connectivity index (χ1v) is 6.53. The zero-order valence-electron chi connectivity index (χ0n) is 7.85. The summed E-state index contributed by atoms with van der Waals surface area (Å²) >= 11 is 5.32. The molecule has 0 spiro atoms. The van der Waals surface area contributed by atoms with E-state index in [4.69, 9.17) is 17.3 Å². The van der Waals surface area contributed by atoms with Crippen LogP contribution in [0.15, 0.2) is 3.15 Å². The molecule has 0 unspecified atom stereocenters. The zero-order valence-corrected chi connectivity index (χ0v) is 10.8. The van der Waals surface area contributed by atoms with Crippen LogP contribution in [0, 0.1) is 0 Å². The molecular weight excluding hydrogens is 332 g/mol. The molecule has 0 fully saturated rings. The Kier molecular flexibility index (Phi) is 3.03. The highest BCUT2D eigenvalue weighted by atomic mass is 127. The maximum Gasteiger partial charge on any atom is 0.223 e. The molecule has 82 valence electrons. The summed E-state index contributed by atoms with van der Waals surface area (Å²) in [6.45, 7) is 2.21. The molecule has 2 rings (SSSR count). The number of nitrogen functional groups attached to an aromatic ring is 1. The standard InChI is InChI=1S/C7H9ClIN5O/c1-3(15)2-14-6-4(13-9-14)5(8)11-7(10)12-6/h3,15H,2H2,1H3,(H2,10,11,12)/t3-/m1/s1. The number of nitrogens with two attached hydrogens (primary N) is 1. The van der Waals surface area contributed by atoms with Crippen LogP contribution in [0.2, 0.25) is 5.15 Å². The van der Waals surface area contributed by atoms with E-state index in [0.29, 0.717) is 18.1 Å². The third-order valence-corrected chi connectivity index (χ3v) is 4.04. The Labute approximate surface area is 102 Å². The average molecular weight is 342 g/mol. The number of nitrogens with zero attached hydrogens (tertiary/aromatic N) is 4. The predicted octanol–water partition coefficient (Wildman–Crippen LogP) is 1.61. The monoisotopic (exact) mass is 341 g/mol. The highest BCUT2D eigenvalue weighted by Gasteiger charge is 2.23. The Morgan fingerprint density at radius 1 is 1.60 bits per heavy atom. The van der Waals surface area contributed by atoms with E-state index in [1.54, 1.807) is 6.92 Å². The molecule has 0 saturated heterocycles. The predicted molar refractivity (Wildman–Crippen MR) is 66.6 cm³/mol. The molecule has 15 heavy (non-hydrogen) atoms. The van der Waals surface area contributed by atoms with Gasteiger partial charge in [0.05, 0.1) is 12.6 Å². The number of hydrogen-bond donors (Lipinski definition) is 2. The van der Waals surface area contributed by atoms with Gasteiger partial charge >= 0.3 is 0 Å². The second-order valence-electron chi connectivity index (χ2n) is 3.10. The molecule has 0 saturated carbocycles. The van der Waals surface area contributed by atoms with Crippen LogP contribution in [0.4, 0.5) is 17.5 Å². The molecule has 1 aliphatic heterocycles. The molecule has 1 aromatic rings. The van der Waals surface area contributed by atoms with Crippen molar-refractivity contribution in [3.8, 4) is 0 Å². The summed E-state index contributed by atoms with van der Waals surface area (Å²) in [7, 11) is 0. The molecule has 2 heterocycles. The lowest BCUT2D eigenvalue weighted by molar-refractivity contribution is 0.205. The molecular formula is C7H9ClIN5O. The second-order valence-corrected chi connectivity index (χ2v) is 5.54. The molecule has 0 aliphatic carbocycles. The van der Waals surface area contributed by atoms with Crippen molar-refractivity contribution in [1.82, 2.24) is 9.97 Å². The smallest absolute Gasteiger partial charge is 0.223 e. The maximum atomic E-state index is 9.30. The van der Waals surface area contributed by atoms with Gasteiger partial charge in [0.2, 0.25) is 5.95 Å². The van der Waals surface area contributed by atoms with E-state index in [1.807, 2.05) is 3.11 Å². The van der Waals surface area contributed by atoms with E-state index in [0.717, 1.165) is 0 Å². The van der Waals surface area contributed by atoms with Gasteiger partial charge in [0.1, 0.15) is 21.3 Å². The lowest BCUT2D eigenvalue weighted by atomic mass is 10.4. The lowest BCUT2D eigenvalue weighted by Crippen LogP contribution is -2.22. The Balaban J connectivity index is 2.37. The number of aliphatic hydroxyl groups is 1. The maximum absolute atomic E-state index is 9.30. The van der Waals surface area contributed by atoms with Crippen LogP contribution in [-0.2, 0) is 0 Å². The van der Waals surface area contributed by atoms with Gasteiger partial charge in [0.25, 0.3) is 0 Å². The molecule has 6 nitrogen and oxygen atoms in total. The number of halogens is 2. The van der Waals surface area contributed by atoms with E-state index in [-0.39, 0.29) is 11.1 Å². The first kappa shape index (κ1) is 11.0. The van der Waals surface area contributed by atoms with Crippen molar-refractivity contribution in [2.75, 3.05) is 15.4 Å². The van der Waals surface area contributed by atoms with Gasteiger partial charge in [-0.3, -0.25) is 3.11 Å². The van der Waals surface area contributed by atoms with Gasteiger partial charge in [0.15, 0.2) is 16.7 Å². The topological polar surface area (TPSA) is 87.6 Å². The number of anilines is 2. The molecule has 8 heteroatoms. The lowest BCUT2D eigenvalue weighted by Gasteiger charge is -2.15. The van der Waals surface area contributed by atoms with E-state index in [9.17, 15) is 5.11 Å². The van der Waals surface area contributed by atoms with Crippen LogP contribution >= 0.6 is 32.9 Å². The van der Waals surface area contributed by atoms with Crippen LogP contribution in [0.3, 0.4) is 0 Å². The van der Waals surface area contributed by atoms with Gasteiger partial charge in [-0.05, 0) is 6.92 Å². The molecule has 3 N–H and O–H groups in total. The van der Waals surface area contributed by atoms with Gasteiger partial charge in [0, 0.05) is 0 Å². The van der Waals surface area contributed by atoms with Crippen LogP contribution < -0.4 is 8.85 Å².